The molecule has 2 bridgehead atoms. The lowest BCUT2D eigenvalue weighted by Crippen LogP contribution is -2.47. The van der Waals surface area contributed by atoms with Crippen LogP contribution in [0.4, 0.5) is 0 Å². The van der Waals surface area contributed by atoms with Gasteiger partial charge >= 0.3 is 11.9 Å². The molecule has 2 aliphatic rings. The first-order valence-electron chi connectivity index (χ1n) is 7.25. The van der Waals surface area contributed by atoms with Crippen molar-refractivity contribution in [3.8, 4) is 0 Å². The summed E-state index contributed by atoms with van der Waals surface area (Å²) in [4.78, 5) is 34.5. The Kier molecular flexibility index (Phi) is 5.91. The van der Waals surface area contributed by atoms with Crippen molar-refractivity contribution in [3.05, 3.63) is 0 Å². The van der Waals surface area contributed by atoms with E-state index in [0.29, 0.717) is 6.42 Å². The molecule has 1 N–H and O–H groups in total. The van der Waals surface area contributed by atoms with Crippen LogP contribution in [-0.2, 0) is 38.1 Å². The zero-order valence-electron chi connectivity index (χ0n) is 13.3. The number of carbonyl (C=O) groups is 3. The van der Waals surface area contributed by atoms with Crippen LogP contribution in [0.1, 0.15) is 6.42 Å². The summed E-state index contributed by atoms with van der Waals surface area (Å²) in [6.07, 6.45) is -1.66. The fourth-order valence-corrected chi connectivity index (χ4v) is 2.93. The standard InChI is InChI=1S/C14H21NO8/c1-15-9(16)5-21-6-10(17)23-12-8-4-7(14(18)20-3)11(22-8)13(12)19-2/h7-8,11-13H,4-6H2,1-3H3,(H,15,16)/t7?,8?,11-,12?,13+/m0/s1. The van der Waals surface area contributed by atoms with Crippen molar-refractivity contribution in [3.63, 3.8) is 0 Å². The Morgan fingerprint density at radius 3 is 2.52 bits per heavy atom. The van der Waals surface area contributed by atoms with E-state index in [4.69, 9.17) is 23.7 Å². The summed E-state index contributed by atoms with van der Waals surface area (Å²) in [5, 5.41) is 2.37. The SMILES string of the molecule is CNC(=O)COCC(=O)OC1C2CC(C(=O)OC)[C@H](O2)[C@H]1OC. The van der Waals surface area contributed by atoms with Gasteiger partial charge in [0.15, 0.2) is 6.10 Å². The molecule has 3 unspecified atom stereocenters. The van der Waals surface area contributed by atoms with Gasteiger partial charge in [-0.15, -0.1) is 0 Å². The summed E-state index contributed by atoms with van der Waals surface area (Å²) in [6, 6.07) is 0. The maximum Gasteiger partial charge on any atom is 0.332 e. The van der Waals surface area contributed by atoms with Gasteiger partial charge in [-0.2, -0.15) is 0 Å². The van der Waals surface area contributed by atoms with Gasteiger partial charge in [-0.1, -0.05) is 0 Å². The van der Waals surface area contributed by atoms with Gasteiger partial charge in [0.25, 0.3) is 0 Å². The number of carbonyl (C=O) groups excluding carboxylic acids is 3. The Balaban J connectivity index is 1.86. The normalized spacial score (nSPS) is 31.7. The molecule has 9 nitrogen and oxygen atoms in total. The minimum Gasteiger partial charge on any atom is -0.469 e. The van der Waals surface area contributed by atoms with Crippen LogP contribution in [0.15, 0.2) is 0 Å². The van der Waals surface area contributed by atoms with Crippen LogP contribution < -0.4 is 5.32 Å². The van der Waals surface area contributed by atoms with E-state index in [0.717, 1.165) is 0 Å². The largest absolute Gasteiger partial charge is 0.469 e. The number of likely N-dealkylation sites (N-methyl/N-ethyl adjacent to an activating group) is 1. The molecule has 1 amide bonds. The monoisotopic (exact) mass is 331 g/mol. The van der Waals surface area contributed by atoms with E-state index in [9.17, 15) is 14.4 Å². The predicted octanol–water partition coefficient (Wildman–Crippen LogP) is -1.36. The summed E-state index contributed by atoms with van der Waals surface area (Å²) in [5.74, 6) is -1.74. The molecule has 0 aromatic heterocycles. The summed E-state index contributed by atoms with van der Waals surface area (Å²) < 4.78 is 26.0. The third-order valence-electron chi connectivity index (χ3n) is 4.00. The van der Waals surface area contributed by atoms with Crippen LogP contribution in [0.3, 0.4) is 0 Å². The maximum absolute atomic E-state index is 11.8. The number of esters is 2. The highest BCUT2D eigenvalue weighted by Crippen LogP contribution is 2.42. The van der Waals surface area contributed by atoms with Gasteiger partial charge in [0, 0.05) is 14.2 Å². The van der Waals surface area contributed by atoms with Crippen molar-refractivity contribution >= 4 is 17.8 Å². The van der Waals surface area contributed by atoms with Gasteiger partial charge in [-0.25, -0.2) is 4.79 Å². The molecule has 2 aliphatic heterocycles. The molecule has 2 saturated heterocycles. The lowest BCUT2D eigenvalue weighted by Gasteiger charge is -2.30. The van der Waals surface area contributed by atoms with Gasteiger partial charge in [0.05, 0.1) is 19.1 Å². The van der Waals surface area contributed by atoms with Crippen molar-refractivity contribution in [1.29, 1.82) is 0 Å². The maximum atomic E-state index is 11.8. The molecule has 2 fully saturated rings. The zero-order chi connectivity index (χ0) is 17.0. The first kappa shape index (κ1) is 17.6. The number of hydrogen-bond acceptors (Lipinski definition) is 8. The van der Waals surface area contributed by atoms with E-state index >= 15 is 0 Å². The molecule has 0 aliphatic carbocycles. The quantitative estimate of drug-likeness (QED) is 0.570. The number of nitrogens with one attached hydrogen (secondary N) is 1. The van der Waals surface area contributed by atoms with Crippen molar-refractivity contribution in [2.45, 2.75) is 30.8 Å². The van der Waals surface area contributed by atoms with Crippen LogP contribution in [0.25, 0.3) is 0 Å². The molecule has 0 aromatic carbocycles. The van der Waals surface area contributed by atoms with E-state index in [2.05, 4.69) is 5.32 Å². The second kappa shape index (κ2) is 7.71. The second-order valence-electron chi connectivity index (χ2n) is 5.33. The number of ether oxygens (including phenoxy) is 5. The first-order chi connectivity index (χ1) is 11.0. The Bertz CT molecular complexity index is 468. The Morgan fingerprint density at radius 2 is 1.91 bits per heavy atom. The van der Waals surface area contributed by atoms with Crippen LogP contribution >= 0.6 is 0 Å². The molecule has 0 radical (unpaired) electrons. The van der Waals surface area contributed by atoms with Gasteiger partial charge in [0.2, 0.25) is 5.91 Å². The minimum atomic E-state index is -0.619. The van der Waals surface area contributed by atoms with Gasteiger partial charge in [-0.05, 0) is 6.42 Å². The molecule has 9 heteroatoms. The van der Waals surface area contributed by atoms with Gasteiger partial charge < -0.3 is 29.0 Å². The molecule has 2 rings (SSSR count). The Labute approximate surface area is 133 Å². The van der Waals surface area contributed by atoms with E-state index in [1.165, 1.54) is 21.3 Å². The fourth-order valence-electron chi connectivity index (χ4n) is 2.93. The van der Waals surface area contributed by atoms with E-state index in [-0.39, 0.29) is 25.1 Å². The first-order valence-corrected chi connectivity index (χ1v) is 7.25. The molecule has 2 heterocycles. The van der Waals surface area contributed by atoms with E-state index < -0.39 is 36.3 Å². The molecular formula is C14H21NO8. The number of methoxy groups -OCH3 is 2. The summed E-state index contributed by atoms with van der Waals surface area (Å²) in [5.41, 5.74) is 0. The summed E-state index contributed by atoms with van der Waals surface area (Å²) in [7, 11) is 4.25. The lowest BCUT2D eigenvalue weighted by molar-refractivity contribution is -0.165. The summed E-state index contributed by atoms with van der Waals surface area (Å²) in [6.45, 7) is -0.574. The number of fused-ring (bicyclic) bond motifs is 2. The molecule has 23 heavy (non-hydrogen) atoms. The highest BCUT2D eigenvalue weighted by atomic mass is 16.6. The van der Waals surface area contributed by atoms with Gasteiger partial charge in [-0.3, -0.25) is 9.59 Å². The average molecular weight is 331 g/mol. The van der Waals surface area contributed by atoms with Crippen molar-refractivity contribution in [2.75, 3.05) is 34.5 Å². The lowest BCUT2D eigenvalue weighted by atomic mass is 9.85. The van der Waals surface area contributed by atoms with Gasteiger partial charge in [0.1, 0.15) is 25.4 Å². The van der Waals surface area contributed by atoms with Crippen LogP contribution in [-0.4, -0.2) is 76.7 Å². The van der Waals surface area contributed by atoms with Crippen LogP contribution in [0, 0.1) is 5.92 Å². The highest BCUT2D eigenvalue weighted by molar-refractivity contribution is 5.77. The Morgan fingerprint density at radius 1 is 1.17 bits per heavy atom. The summed E-state index contributed by atoms with van der Waals surface area (Å²) >= 11 is 0. The Hall–Kier alpha value is -1.71. The van der Waals surface area contributed by atoms with Crippen molar-refractivity contribution < 1.29 is 38.1 Å². The smallest absolute Gasteiger partial charge is 0.332 e. The van der Waals surface area contributed by atoms with Crippen LogP contribution in [0.5, 0.6) is 0 Å². The fraction of sp³-hybridized carbons (Fsp3) is 0.786. The zero-order valence-corrected chi connectivity index (χ0v) is 13.3. The number of rotatable bonds is 7. The number of hydrogen-bond donors (Lipinski definition) is 1. The molecule has 0 saturated carbocycles. The minimum absolute atomic E-state index is 0.225. The molecule has 130 valence electrons. The van der Waals surface area contributed by atoms with E-state index in [1.54, 1.807) is 0 Å². The third kappa shape index (κ3) is 3.80. The molecular weight excluding hydrogens is 310 g/mol. The molecule has 5 atom stereocenters. The molecule has 0 aromatic rings. The number of amides is 1. The second-order valence-corrected chi connectivity index (χ2v) is 5.33. The van der Waals surface area contributed by atoms with Crippen molar-refractivity contribution in [1.82, 2.24) is 5.32 Å². The van der Waals surface area contributed by atoms with Crippen molar-refractivity contribution in [2.24, 2.45) is 5.92 Å². The molecule has 0 spiro atoms. The predicted molar refractivity (Wildman–Crippen MR) is 74.3 cm³/mol. The average Bonchev–Trinajstić information content (AvgIpc) is 3.12. The van der Waals surface area contributed by atoms with Crippen LogP contribution in [0.2, 0.25) is 0 Å². The highest BCUT2D eigenvalue weighted by Gasteiger charge is 2.59. The third-order valence-corrected chi connectivity index (χ3v) is 4.00. The topological polar surface area (TPSA) is 109 Å². The van der Waals surface area contributed by atoms with E-state index in [1.807, 2.05) is 0 Å².